The number of piperazine rings is 1. The summed E-state index contributed by atoms with van der Waals surface area (Å²) in [5.74, 6) is -0.543. The zero-order valence-corrected chi connectivity index (χ0v) is 18.6. The molecule has 1 amide bonds. The maximum atomic E-state index is 14.1. The largest absolute Gasteiger partial charge is 0.366 e. The van der Waals surface area contributed by atoms with Gasteiger partial charge in [-0.1, -0.05) is 24.3 Å². The van der Waals surface area contributed by atoms with Gasteiger partial charge in [-0.05, 0) is 50.1 Å². The average Bonchev–Trinajstić information content (AvgIpc) is 2.69. The molecule has 3 rings (SSSR count). The number of hydrogen-bond acceptors (Lipinski definition) is 4. The van der Waals surface area contributed by atoms with Crippen LogP contribution in [0.5, 0.6) is 0 Å². The molecule has 0 unspecified atom stereocenters. The minimum Gasteiger partial charge on any atom is -0.366 e. The summed E-state index contributed by atoms with van der Waals surface area (Å²) in [6.45, 7) is 7.12. The molecule has 2 aromatic carbocycles. The van der Waals surface area contributed by atoms with Crippen molar-refractivity contribution in [2.45, 2.75) is 26.8 Å². The monoisotopic (exact) mass is 433 g/mol. The summed E-state index contributed by atoms with van der Waals surface area (Å²) in [5, 5.41) is 0. The van der Waals surface area contributed by atoms with Crippen molar-refractivity contribution < 1.29 is 17.6 Å². The molecule has 1 aliphatic rings. The molecule has 1 fully saturated rings. The molecule has 1 aliphatic heterocycles. The van der Waals surface area contributed by atoms with Gasteiger partial charge in [0.1, 0.15) is 11.9 Å². The number of anilines is 2. The van der Waals surface area contributed by atoms with Crippen LogP contribution in [-0.4, -0.2) is 57.7 Å². The van der Waals surface area contributed by atoms with Crippen molar-refractivity contribution in [2.75, 3.05) is 41.6 Å². The summed E-state index contributed by atoms with van der Waals surface area (Å²) in [6.07, 6.45) is 1.12. The van der Waals surface area contributed by atoms with E-state index in [-0.39, 0.29) is 11.7 Å². The Kier molecular flexibility index (Phi) is 6.36. The number of benzene rings is 2. The second kappa shape index (κ2) is 8.63. The van der Waals surface area contributed by atoms with E-state index in [1.807, 2.05) is 30.9 Å². The number of amides is 1. The van der Waals surface area contributed by atoms with Crippen molar-refractivity contribution in [2.24, 2.45) is 0 Å². The van der Waals surface area contributed by atoms with Crippen LogP contribution in [0.25, 0.3) is 0 Å². The number of aryl methyl sites for hydroxylation is 2. The summed E-state index contributed by atoms with van der Waals surface area (Å²) in [5.41, 5.74) is 2.74. The van der Waals surface area contributed by atoms with E-state index in [1.165, 1.54) is 10.4 Å². The van der Waals surface area contributed by atoms with Crippen LogP contribution in [-0.2, 0) is 14.8 Å². The highest BCUT2D eigenvalue weighted by molar-refractivity contribution is 7.92. The molecular weight excluding hydrogens is 405 g/mol. The maximum absolute atomic E-state index is 14.1. The first-order chi connectivity index (χ1) is 14.1. The molecule has 6 nitrogen and oxygen atoms in total. The Balaban J connectivity index is 1.78. The van der Waals surface area contributed by atoms with E-state index < -0.39 is 16.1 Å². The van der Waals surface area contributed by atoms with Crippen LogP contribution < -0.4 is 9.21 Å². The number of carbonyl (C=O) groups excluding carboxylic acids is 1. The van der Waals surface area contributed by atoms with Crippen molar-refractivity contribution in [3.63, 3.8) is 0 Å². The Hall–Kier alpha value is -2.61. The van der Waals surface area contributed by atoms with Gasteiger partial charge < -0.3 is 9.80 Å². The smallest absolute Gasteiger partial charge is 0.246 e. The zero-order valence-electron chi connectivity index (χ0n) is 17.8. The number of hydrogen-bond donors (Lipinski definition) is 0. The van der Waals surface area contributed by atoms with Crippen LogP contribution in [0.3, 0.4) is 0 Å². The second-order valence-corrected chi connectivity index (χ2v) is 9.65. The van der Waals surface area contributed by atoms with Gasteiger partial charge >= 0.3 is 0 Å². The number of nitrogens with zero attached hydrogens (tertiary/aromatic N) is 3. The molecule has 0 spiro atoms. The molecular formula is C22H28FN3O3S. The highest BCUT2D eigenvalue weighted by atomic mass is 32.2. The molecule has 162 valence electrons. The van der Waals surface area contributed by atoms with Crippen molar-refractivity contribution >= 4 is 27.3 Å². The first kappa shape index (κ1) is 22.1. The minimum atomic E-state index is -3.67. The third kappa shape index (κ3) is 4.59. The molecule has 0 aromatic heterocycles. The lowest BCUT2D eigenvalue weighted by Crippen LogP contribution is -2.55. The predicted molar refractivity (Wildman–Crippen MR) is 118 cm³/mol. The second-order valence-electron chi connectivity index (χ2n) is 7.79. The zero-order chi connectivity index (χ0) is 22.1. The standard InChI is InChI=1S/C22H28FN3O3S/c1-16-9-10-17(2)21(15-16)26(30(4,28)29)18(3)22(27)25-13-11-24(12-14-25)20-8-6-5-7-19(20)23/h5-10,15,18H,11-14H2,1-4H3/t18-/m1/s1. The van der Waals surface area contributed by atoms with Gasteiger partial charge in [0, 0.05) is 26.2 Å². The van der Waals surface area contributed by atoms with E-state index in [2.05, 4.69) is 0 Å². The molecule has 30 heavy (non-hydrogen) atoms. The average molecular weight is 434 g/mol. The van der Waals surface area contributed by atoms with Crippen LogP contribution in [0, 0.1) is 19.7 Å². The van der Waals surface area contributed by atoms with Gasteiger partial charge in [-0.15, -0.1) is 0 Å². The number of halogens is 1. The van der Waals surface area contributed by atoms with Crippen molar-refractivity contribution in [3.8, 4) is 0 Å². The number of rotatable bonds is 5. The fraction of sp³-hybridized carbons (Fsp3) is 0.409. The van der Waals surface area contributed by atoms with E-state index in [0.29, 0.717) is 37.6 Å². The van der Waals surface area contributed by atoms with Crippen LogP contribution in [0.1, 0.15) is 18.1 Å². The number of sulfonamides is 1. The Bertz CT molecular complexity index is 1030. The van der Waals surface area contributed by atoms with Gasteiger partial charge in [-0.25, -0.2) is 12.8 Å². The van der Waals surface area contributed by atoms with E-state index in [4.69, 9.17) is 0 Å². The maximum Gasteiger partial charge on any atom is 0.246 e. The van der Waals surface area contributed by atoms with Crippen LogP contribution in [0.2, 0.25) is 0 Å². The Morgan fingerprint density at radius 1 is 1.07 bits per heavy atom. The van der Waals surface area contributed by atoms with Crippen molar-refractivity contribution in [1.82, 2.24) is 4.90 Å². The fourth-order valence-electron chi connectivity index (χ4n) is 3.87. The van der Waals surface area contributed by atoms with E-state index in [1.54, 1.807) is 36.1 Å². The van der Waals surface area contributed by atoms with Crippen LogP contribution in [0.4, 0.5) is 15.8 Å². The molecule has 0 radical (unpaired) electrons. The molecule has 0 N–H and O–H groups in total. The molecule has 2 aromatic rings. The Morgan fingerprint density at radius 2 is 1.70 bits per heavy atom. The lowest BCUT2D eigenvalue weighted by Gasteiger charge is -2.39. The van der Waals surface area contributed by atoms with E-state index >= 15 is 0 Å². The molecule has 1 saturated heterocycles. The summed E-state index contributed by atoms with van der Waals surface area (Å²) in [6, 6.07) is 11.3. The van der Waals surface area contributed by atoms with Gasteiger partial charge in [0.25, 0.3) is 0 Å². The Labute approximate surface area is 177 Å². The third-order valence-corrected chi connectivity index (χ3v) is 6.68. The summed E-state index contributed by atoms with van der Waals surface area (Å²) in [7, 11) is -3.67. The molecule has 0 aliphatic carbocycles. The molecule has 1 heterocycles. The summed E-state index contributed by atoms with van der Waals surface area (Å²) >= 11 is 0. The fourth-order valence-corrected chi connectivity index (χ4v) is 5.09. The lowest BCUT2D eigenvalue weighted by atomic mass is 10.1. The van der Waals surface area contributed by atoms with Crippen LogP contribution in [0.15, 0.2) is 42.5 Å². The van der Waals surface area contributed by atoms with E-state index in [9.17, 15) is 17.6 Å². The van der Waals surface area contributed by atoms with Crippen molar-refractivity contribution in [1.29, 1.82) is 0 Å². The SMILES string of the molecule is Cc1ccc(C)c(N([C@H](C)C(=O)N2CCN(c3ccccc3F)CC2)S(C)(=O)=O)c1. The molecule has 0 saturated carbocycles. The highest BCUT2D eigenvalue weighted by Gasteiger charge is 2.34. The topological polar surface area (TPSA) is 60.9 Å². The van der Waals surface area contributed by atoms with Gasteiger partial charge in [-0.2, -0.15) is 0 Å². The van der Waals surface area contributed by atoms with Gasteiger partial charge in [0.15, 0.2) is 0 Å². The summed E-state index contributed by atoms with van der Waals surface area (Å²) in [4.78, 5) is 16.8. The lowest BCUT2D eigenvalue weighted by molar-refractivity contribution is -0.132. The highest BCUT2D eigenvalue weighted by Crippen LogP contribution is 2.27. The molecule has 0 bridgehead atoms. The van der Waals surface area contributed by atoms with Crippen LogP contribution >= 0.6 is 0 Å². The quantitative estimate of drug-likeness (QED) is 0.728. The van der Waals surface area contributed by atoms with Gasteiger partial charge in [0.05, 0.1) is 17.6 Å². The van der Waals surface area contributed by atoms with Crippen molar-refractivity contribution in [3.05, 3.63) is 59.4 Å². The van der Waals surface area contributed by atoms with E-state index in [0.717, 1.165) is 17.4 Å². The molecule has 8 heteroatoms. The normalized spacial score (nSPS) is 15.8. The minimum absolute atomic E-state index is 0.255. The number of carbonyl (C=O) groups is 1. The van der Waals surface area contributed by atoms with Gasteiger partial charge in [-0.3, -0.25) is 9.10 Å². The number of para-hydroxylation sites is 1. The first-order valence-corrected chi connectivity index (χ1v) is 11.8. The first-order valence-electron chi connectivity index (χ1n) is 9.94. The third-order valence-electron chi connectivity index (χ3n) is 5.45. The molecule has 1 atom stereocenters. The summed E-state index contributed by atoms with van der Waals surface area (Å²) < 4.78 is 40.5. The Morgan fingerprint density at radius 3 is 2.30 bits per heavy atom. The van der Waals surface area contributed by atoms with Gasteiger partial charge in [0.2, 0.25) is 15.9 Å². The predicted octanol–water partition coefficient (Wildman–Crippen LogP) is 2.95.